The Bertz CT molecular complexity index is 273. The Morgan fingerprint density at radius 1 is 1.18 bits per heavy atom. The molecule has 3 nitrogen and oxygen atoms in total. The van der Waals surface area contributed by atoms with E-state index in [1.807, 2.05) is 6.92 Å². The van der Waals surface area contributed by atoms with Gasteiger partial charge in [-0.1, -0.05) is 19.8 Å². The van der Waals surface area contributed by atoms with Gasteiger partial charge in [-0.3, -0.25) is 14.5 Å². The summed E-state index contributed by atoms with van der Waals surface area (Å²) in [4.78, 5) is 23.9. The van der Waals surface area contributed by atoms with Gasteiger partial charge in [-0.05, 0) is 26.2 Å². The number of nitrogens with zero attached hydrogens (tertiary/aromatic N) is 1. The molecule has 4 heteroatoms. The van der Waals surface area contributed by atoms with Gasteiger partial charge in [0.2, 0.25) is 11.8 Å². The van der Waals surface area contributed by atoms with Crippen molar-refractivity contribution in [2.45, 2.75) is 64.5 Å². The van der Waals surface area contributed by atoms with Gasteiger partial charge in [0.1, 0.15) is 5.67 Å². The third-order valence-electron chi connectivity index (χ3n) is 3.47. The molecule has 0 N–H and O–H groups in total. The zero-order chi connectivity index (χ0) is 12.9. The molecule has 0 aromatic rings. The quantitative estimate of drug-likeness (QED) is 0.509. The van der Waals surface area contributed by atoms with Crippen LogP contribution in [-0.2, 0) is 9.59 Å². The van der Waals surface area contributed by atoms with Crippen LogP contribution in [0.15, 0.2) is 0 Å². The second-order valence-electron chi connectivity index (χ2n) is 5.02. The first-order valence-electron chi connectivity index (χ1n) is 6.48. The van der Waals surface area contributed by atoms with Gasteiger partial charge in [0.05, 0.1) is 0 Å². The van der Waals surface area contributed by atoms with E-state index in [2.05, 4.69) is 0 Å². The Hall–Kier alpha value is -0.930. The van der Waals surface area contributed by atoms with E-state index in [4.69, 9.17) is 0 Å². The topological polar surface area (TPSA) is 37.4 Å². The molecule has 0 radical (unpaired) electrons. The van der Waals surface area contributed by atoms with Crippen LogP contribution in [-0.4, -0.2) is 28.9 Å². The highest BCUT2D eigenvalue weighted by Gasteiger charge is 2.28. The second kappa shape index (κ2) is 6.12. The molecule has 0 aliphatic carbocycles. The number of imide groups is 1. The summed E-state index contributed by atoms with van der Waals surface area (Å²) < 4.78 is 13.6. The van der Waals surface area contributed by atoms with Gasteiger partial charge in [-0.25, -0.2) is 4.39 Å². The van der Waals surface area contributed by atoms with Gasteiger partial charge in [0.25, 0.3) is 0 Å². The zero-order valence-electron chi connectivity index (χ0n) is 10.8. The summed E-state index contributed by atoms with van der Waals surface area (Å²) in [6, 6.07) is 0. The molecule has 1 fully saturated rings. The summed E-state index contributed by atoms with van der Waals surface area (Å²) in [5, 5.41) is 0. The maximum absolute atomic E-state index is 13.6. The van der Waals surface area contributed by atoms with Crippen LogP contribution >= 0.6 is 0 Å². The first-order chi connectivity index (χ1) is 7.96. The summed E-state index contributed by atoms with van der Waals surface area (Å²) in [6.45, 7) is 3.98. The molecule has 1 unspecified atom stereocenters. The van der Waals surface area contributed by atoms with E-state index < -0.39 is 5.67 Å². The van der Waals surface area contributed by atoms with Crippen molar-refractivity contribution in [2.75, 3.05) is 6.54 Å². The Morgan fingerprint density at radius 3 is 2.29 bits per heavy atom. The Morgan fingerprint density at radius 2 is 1.76 bits per heavy atom. The van der Waals surface area contributed by atoms with Crippen molar-refractivity contribution in [3.05, 3.63) is 0 Å². The molecule has 98 valence electrons. The molecule has 0 bridgehead atoms. The molecule has 0 spiro atoms. The average molecular weight is 243 g/mol. The molecule has 1 aliphatic rings. The van der Waals surface area contributed by atoms with Crippen LogP contribution in [0.3, 0.4) is 0 Å². The predicted octanol–water partition coefficient (Wildman–Crippen LogP) is 2.83. The highest BCUT2D eigenvalue weighted by molar-refractivity contribution is 6.01. The van der Waals surface area contributed by atoms with Crippen molar-refractivity contribution < 1.29 is 14.0 Å². The number of rotatable bonds is 7. The lowest BCUT2D eigenvalue weighted by molar-refractivity contribution is -0.138. The molecule has 0 saturated carbocycles. The number of unbranched alkanes of at least 4 members (excludes halogenated alkanes) is 2. The Labute approximate surface area is 102 Å². The standard InChI is InChI=1S/C13H22FNO2/c1-3-13(2,14)9-5-4-6-10-15-11(16)7-8-12(15)17/h3-10H2,1-2H3. The number of likely N-dealkylation sites (tertiary alicyclic amines) is 1. The van der Waals surface area contributed by atoms with Crippen LogP contribution in [0.25, 0.3) is 0 Å². The average Bonchev–Trinajstić information content (AvgIpc) is 2.59. The van der Waals surface area contributed by atoms with Crippen LogP contribution in [0.1, 0.15) is 58.8 Å². The minimum Gasteiger partial charge on any atom is -0.283 e. The van der Waals surface area contributed by atoms with Crippen molar-refractivity contribution in [3.63, 3.8) is 0 Å². The van der Waals surface area contributed by atoms with E-state index in [0.717, 1.165) is 19.3 Å². The molecule has 0 aromatic carbocycles. The van der Waals surface area contributed by atoms with Gasteiger partial charge >= 0.3 is 0 Å². The SMILES string of the molecule is CCC(C)(F)CCCCCN1C(=O)CCC1=O. The van der Waals surface area contributed by atoms with E-state index in [1.54, 1.807) is 6.92 Å². The van der Waals surface area contributed by atoms with E-state index in [0.29, 0.717) is 32.2 Å². The number of amides is 2. The van der Waals surface area contributed by atoms with Gasteiger partial charge in [0, 0.05) is 19.4 Å². The maximum atomic E-state index is 13.6. The molecule has 1 heterocycles. The molecule has 1 rings (SSSR count). The highest BCUT2D eigenvalue weighted by atomic mass is 19.1. The number of hydrogen-bond donors (Lipinski definition) is 0. The first-order valence-corrected chi connectivity index (χ1v) is 6.48. The van der Waals surface area contributed by atoms with Crippen molar-refractivity contribution >= 4 is 11.8 Å². The van der Waals surface area contributed by atoms with Gasteiger partial charge in [-0.2, -0.15) is 0 Å². The molecule has 17 heavy (non-hydrogen) atoms. The Kier molecular flexibility index (Phi) is 5.09. The molecule has 2 amide bonds. The molecule has 1 atom stereocenters. The molecule has 0 aromatic heterocycles. The summed E-state index contributed by atoms with van der Waals surface area (Å²) in [5.74, 6) is -0.113. The number of carbonyl (C=O) groups is 2. The Balaban J connectivity index is 2.12. The molecular formula is C13H22FNO2. The molecule has 1 aliphatic heterocycles. The summed E-state index contributed by atoms with van der Waals surface area (Å²) in [5.41, 5.74) is -1.07. The normalized spacial score (nSPS) is 19.8. The lowest BCUT2D eigenvalue weighted by Gasteiger charge is -2.18. The molecular weight excluding hydrogens is 221 g/mol. The van der Waals surface area contributed by atoms with Crippen LogP contribution in [0.2, 0.25) is 0 Å². The number of halogens is 1. The summed E-state index contributed by atoms with van der Waals surface area (Å²) in [7, 11) is 0. The fourth-order valence-corrected chi connectivity index (χ4v) is 1.99. The monoisotopic (exact) mass is 243 g/mol. The third kappa shape index (κ3) is 4.44. The number of carbonyl (C=O) groups excluding carboxylic acids is 2. The first kappa shape index (κ1) is 14.1. The summed E-state index contributed by atoms with van der Waals surface area (Å²) in [6.07, 6.45) is 4.29. The van der Waals surface area contributed by atoms with Crippen molar-refractivity contribution in [1.82, 2.24) is 4.90 Å². The van der Waals surface area contributed by atoms with E-state index in [1.165, 1.54) is 4.90 Å². The van der Waals surface area contributed by atoms with Crippen LogP contribution in [0.5, 0.6) is 0 Å². The third-order valence-corrected chi connectivity index (χ3v) is 3.47. The number of hydrogen-bond acceptors (Lipinski definition) is 2. The minimum atomic E-state index is -1.07. The largest absolute Gasteiger partial charge is 0.283 e. The van der Waals surface area contributed by atoms with E-state index in [-0.39, 0.29) is 11.8 Å². The van der Waals surface area contributed by atoms with Crippen molar-refractivity contribution in [1.29, 1.82) is 0 Å². The molecule has 1 saturated heterocycles. The fourth-order valence-electron chi connectivity index (χ4n) is 1.99. The van der Waals surface area contributed by atoms with Crippen LogP contribution < -0.4 is 0 Å². The maximum Gasteiger partial charge on any atom is 0.229 e. The highest BCUT2D eigenvalue weighted by Crippen LogP contribution is 2.23. The second-order valence-corrected chi connectivity index (χ2v) is 5.02. The van der Waals surface area contributed by atoms with Crippen molar-refractivity contribution in [3.8, 4) is 0 Å². The fraction of sp³-hybridized carbons (Fsp3) is 0.846. The predicted molar refractivity (Wildman–Crippen MR) is 64.2 cm³/mol. The van der Waals surface area contributed by atoms with Crippen LogP contribution in [0.4, 0.5) is 4.39 Å². The van der Waals surface area contributed by atoms with Gasteiger partial charge in [-0.15, -0.1) is 0 Å². The van der Waals surface area contributed by atoms with Crippen molar-refractivity contribution in [2.24, 2.45) is 0 Å². The lowest BCUT2D eigenvalue weighted by Crippen LogP contribution is -2.30. The van der Waals surface area contributed by atoms with Gasteiger partial charge in [0.15, 0.2) is 0 Å². The van der Waals surface area contributed by atoms with E-state index >= 15 is 0 Å². The smallest absolute Gasteiger partial charge is 0.229 e. The minimum absolute atomic E-state index is 0.0566. The number of alkyl halides is 1. The van der Waals surface area contributed by atoms with E-state index in [9.17, 15) is 14.0 Å². The van der Waals surface area contributed by atoms with Crippen LogP contribution in [0, 0.1) is 0 Å². The zero-order valence-corrected chi connectivity index (χ0v) is 10.8. The summed E-state index contributed by atoms with van der Waals surface area (Å²) >= 11 is 0. The lowest BCUT2D eigenvalue weighted by atomic mass is 9.97. The van der Waals surface area contributed by atoms with Gasteiger partial charge < -0.3 is 0 Å².